The van der Waals surface area contributed by atoms with Gasteiger partial charge in [-0.1, -0.05) is 12.1 Å². The maximum absolute atomic E-state index is 12.9. The molecule has 0 saturated carbocycles. The minimum Gasteiger partial charge on any atom is -0.497 e. The van der Waals surface area contributed by atoms with E-state index >= 15 is 0 Å². The number of fused-ring (bicyclic) bond motifs is 3. The number of benzene rings is 2. The van der Waals surface area contributed by atoms with Crippen LogP contribution in [-0.4, -0.2) is 34.3 Å². The number of carbonyl (C=O) groups is 1. The van der Waals surface area contributed by atoms with Crippen molar-refractivity contribution >= 4 is 28.1 Å². The van der Waals surface area contributed by atoms with Crippen LogP contribution in [0.15, 0.2) is 53.3 Å². The van der Waals surface area contributed by atoms with E-state index in [9.17, 15) is 9.59 Å². The largest absolute Gasteiger partial charge is 0.497 e. The molecule has 0 saturated heterocycles. The quantitative estimate of drug-likeness (QED) is 0.564. The summed E-state index contributed by atoms with van der Waals surface area (Å²) in [6.45, 7) is 2.42. The SMILES string of the molecule is CCn1c(=O)c2cc(C(=O)Nc3cc(OC)ccc3OC)nn2c2ccccc21. The first-order valence-electron chi connectivity index (χ1n) is 9.12. The number of nitrogens with one attached hydrogen (secondary N) is 1. The summed E-state index contributed by atoms with van der Waals surface area (Å²) in [4.78, 5) is 25.7. The lowest BCUT2D eigenvalue weighted by Crippen LogP contribution is -2.22. The van der Waals surface area contributed by atoms with Gasteiger partial charge in [-0.3, -0.25) is 9.59 Å². The molecule has 0 bridgehead atoms. The molecule has 2 aromatic carbocycles. The molecule has 4 rings (SSSR count). The summed E-state index contributed by atoms with van der Waals surface area (Å²) < 4.78 is 13.7. The fourth-order valence-electron chi connectivity index (χ4n) is 3.36. The maximum atomic E-state index is 12.9. The summed E-state index contributed by atoms with van der Waals surface area (Å²) in [7, 11) is 3.06. The van der Waals surface area contributed by atoms with Crippen molar-refractivity contribution in [2.75, 3.05) is 19.5 Å². The molecule has 1 amide bonds. The first kappa shape index (κ1) is 18.5. The van der Waals surface area contributed by atoms with Gasteiger partial charge in [0.25, 0.3) is 11.5 Å². The molecule has 0 fully saturated rings. The van der Waals surface area contributed by atoms with Gasteiger partial charge in [-0.2, -0.15) is 5.10 Å². The molecule has 148 valence electrons. The standard InChI is InChI=1S/C21H20N4O4/c1-4-24-16-7-5-6-8-17(16)25-18(21(24)27)12-15(23-25)20(26)22-14-11-13(28-2)9-10-19(14)29-3/h5-12H,4H2,1-3H3,(H,22,26). The zero-order valence-corrected chi connectivity index (χ0v) is 16.3. The third kappa shape index (κ3) is 3.08. The molecule has 2 aromatic heterocycles. The predicted octanol–water partition coefficient (Wildman–Crippen LogP) is 2.94. The Morgan fingerprint density at radius 3 is 2.48 bits per heavy atom. The second-order valence-corrected chi connectivity index (χ2v) is 6.39. The van der Waals surface area contributed by atoms with Crippen molar-refractivity contribution in [3.05, 3.63) is 64.6 Å². The first-order valence-corrected chi connectivity index (χ1v) is 9.12. The van der Waals surface area contributed by atoms with E-state index in [4.69, 9.17) is 9.47 Å². The third-order valence-corrected chi connectivity index (χ3v) is 4.78. The fraction of sp³-hybridized carbons (Fsp3) is 0.190. The number of amides is 1. The van der Waals surface area contributed by atoms with Crippen molar-refractivity contribution in [1.82, 2.24) is 14.2 Å². The number of rotatable bonds is 5. The highest BCUT2D eigenvalue weighted by Crippen LogP contribution is 2.29. The van der Waals surface area contributed by atoms with E-state index in [1.165, 1.54) is 17.7 Å². The van der Waals surface area contributed by atoms with Crippen molar-refractivity contribution in [2.24, 2.45) is 0 Å². The topological polar surface area (TPSA) is 86.9 Å². The molecule has 8 nitrogen and oxygen atoms in total. The summed E-state index contributed by atoms with van der Waals surface area (Å²) in [6, 6.07) is 14.1. The van der Waals surface area contributed by atoms with Crippen molar-refractivity contribution in [3.8, 4) is 11.5 Å². The number of methoxy groups -OCH3 is 2. The van der Waals surface area contributed by atoms with E-state index in [1.54, 1.807) is 29.9 Å². The highest BCUT2D eigenvalue weighted by atomic mass is 16.5. The van der Waals surface area contributed by atoms with Gasteiger partial charge in [-0.15, -0.1) is 0 Å². The van der Waals surface area contributed by atoms with Crippen LogP contribution in [0.25, 0.3) is 16.6 Å². The molecule has 4 aromatic rings. The zero-order chi connectivity index (χ0) is 20.5. The molecule has 8 heteroatoms. The van der Waals surface area contributed by atoms with Gasteiger partial charge < -0.3 is 19.4 Å². The van der Waals surface area contributed by atoms with E-state index in [0.29, 0.717) is 29.2 Å². The maximum Gasteiger partial charge on any atom is 0.277 e. The Morgan fingerprint density at radius 2 is 1.79 bits per heavy atom. The van der Waals surface area contributed by atoms with Crippen LogP contribution in [0.5, 0.6) is 11.5 Å². The average Bonchev–Trinajstić information content (AvgIpc) is 3.20. The molecule has 0 spiro atoms. The zero-order valence-electron chi connectivity index (χ0n) is 16.3. The minimum atomic E-state index is -0.452. The number of hydrogen-bond donors (Lipinski definition) is 1. The van der Waals surface area contributed by atoms with E-state index in [1.807, 2.05) is 31.2 Å². The van der Waals surface area contributed by atoms with Crippen LogP contribution < -0.4 is 20.3 Å². The fourth-order valence-corrected chi connectivity index (χ4v) is 3.36. The lowest BCUT2D eigenvalue weighted by atomic mass is 10.2. The number of carbonyl (C=O) groups excluding carboxylic acids is 1. The van der Waals surface area contributed by atoms with E-state index in [-0.39, 0.29) is 11.3 Å². The summed E-state index contributed by atoms with van der Waals surface area (Å²) in [5, 5.41) is 7.17. The molecule has 0 radical (unpaired) electrons. The van der Waals surface area contributed by atoms with Crippen LogP contribution >= 0.6 is 0 Å². The monoisotopic (exact) mass is 392 g/mol. The number of ether oxygens (including phenoxy) is 2. The Kier molecular flexibility index (Phi) is 4.67. The smallest absolute Gasteiger partial charge is 0.277 e. The number of aryl methyl sites for hydroxylation is 1. The molecule has 0 aliphatic rings. The molecule has 0 aliphatic heterocycles. The number of para-hydroxylation sites is 2. The van der Waals surface area contributed by atoms with E-state index < -0.39 is 5.91 Å². The summed E-state index contributed by atoms with van der Waals surface area (Å²) in [6.07, 6.45) is 0. The Bertz CT molecular complexity index is 1290. The molecule has 0 aliphatic carbocycles. The Morgan fingerprint density at radius 1 is 1.03 bits per heavy atom. The first-order chi connectivity index (χ1) is 14.1. The second-order valence-electron chi connectivity index (χ2n) is 6.39. The van der Waals surface area contributed by atoms with Crippen LogP contribution in [0.2, 0.25) is 0 Å². The van der Waals surface area contributed by atoms with Crippen LogP contribution in [0, 0.1) is 0 Å². The average molecular weight is 392 g/mol. The lowest BCUT2D eigenvalue weighted by Gasteiger charge is -2.10. The predicted molar refractivity (Wildman–Crippen MR) is 110 cm³/mol. The highest BCUT2D eigenvalue weighted by molar-refractivity contribution is 6.04. The molecular weight excluding hydrogens is 372 g/mol. The van der Waals surface area contributed by atoms with Gasteiger partial charge in [-0.05, 0) is 31.2 Å². The minimum absolute atomic E-state index is 0.131. The Balaban J connectivity index is 1.81. The van der Waals surface area contributed by atoms with Crippen molar-refractivity contribution in [3.63, 3.8) is 0 Å². The van der Waals surface area contributed by atoms with Crippen molar-refractivity contribution in [1.29, 1.82) is 0 Å². The van der Waals surface area contributed by atoms with Gasteiger partial charge in [0.05, 0.1) is 30.9 Å². The van der Waals surface area contributed by atoms with Crippen LogP contribution in [0.4, 0.5) is 5.69 Å². The second kappa shape index (κ2) is 7.31. The number of nitrogens with zero attached hydrogens (tertiary/aromatic N) is 3. The van der Waals surface area contributed by atoms with Crippen LogP contribution in [0.1, 0.15) is 17.4 Å². The molecule has 0 atom stereocenters. The molecular formula is C21H20N4O4. The van der Waals surface area contributed by atoms with Gasteiger partial charge in [0.1, 0.15) is 17.0 Å². The van der Waals surface area contributed by atoms with E-state index in [2.05, 4.69) is 10.4 Å². The van der Waals surface area contributed by atoms with Gasteiger partial charge in [0, 0.05) is 18.7 Å². The van der Waals surface area contributed by atoms with Crippen molar-refractivity contribution in [2.45, 2.75) is 13.5 Å². The Labute approximate surface area is 166 Å². The molecule has 29 heavy (non-hydrogen) atoms. The molecule has 0 unspecified atom stereocenters. The molecule has 2 heterocycles. The van der Waals surface area contributed by atoms with Gasteiger partial charge in [-0.25, -0.2) is 4.52 Å². The lowest BCUT2D eigenvalue weighted by molar-refractivity contribution is 0.102. The van der Waals surface area contributed by atoms with Gasteiger partial charge >= 0.3 is 0 Å². The van der Waals surface area contributed by atoms with Crippen LogP contribution in [-0.2, 0) is 6.54 Å². The third-order valence-electron chi connectivity index (χ3n) is 4.78. The number of anilines is 1. The summed E-state index contributed by atoms with van der Waals surface area (Å²) in [5.41, 5.74) is 2.24. The number of aromatic nitrogens is 3. The Hall–Kier alpha value is -3.81. The summed E-state index contributed by atoms with van der Waals surface area (Å²) in [5.74, 6) is 0.612. The van der Waals surface area contributed by atoms with Gasteiger partial charge in [0.2, 0.25) is 0 Å². The van der Waals surface area contributed by atoms with E-state index in [0.717, 1.165) is 11.0 Å². The van der Waals surface area contributed by atoms with Crippen molar-refractivity contribution < 1.29 is 14.3 Å². The molecule has 1 N–H and O–H groups in total. The van der Waals surface area contributed by atoms with Crippen LogP contribution in [0.3, 0.4) is 0 Å². The summed E-state index contributed by atoms with van der Waals surface area (Å²) >= 11 is 0. The number of hydrogen-bond acceptors (Lipinski definition) is 5. The van der Waals surface area contributed by atoms with Gasteiger partial charge in [0.15, 0.2) is 5.69 Å². The normalized spacial score (nSPS) is 11.0. The highest BCUT2D eigenvalue weighted by Gasteiger charge is 2.18.